The molecule has 0 nitrogen and oxygen atoms in total. The molecule has 0 atom stereocenters. The van der Waals surface area contributed by atoms with Crippen molar-refractivity contribution in [2.24, 2.45) is 0 Å². The minimum absolute atomic E-state index is 1.27. The van der Waals surface area contributed by atoms with E-state index in [4.69, 9.17) is 0 Å². The first-order chi connectivity index (χ1) is 9.34. The monoisotopic (exact) mass is 244 g/mol. The van der Waals surface area contributed by atoms with Gasteiger partial charge in [-0.2, -0.15) is 0 Å². The Labute approximate surface area is 114 Å². The van der Waals surface area contributed by atoms with Gasteiger partial charge in [-0.15, -0.1) is 0 Å². The van der Waals surface area contributed by atoms with Crippen molar-refractivity contribution in [3.63, 3.8) is 0 Å². The number of hydrogen-bond acceptors (Lipinski definition) is 0. The Balaban J connectivity index is 2.04. The average Bonchev–Trinajstić information content (AvgIpc) is 2.46. The van der Waals surface area contributed by atoms with Crippen molar-refractivity contribution in [3.8, 4) is 0 Å². The quantitative estimate of drug-likeness (QED) is 0.535. The molecule has 92 valence electrons. The topological polar surface area (TPSA) is 0 Å². The summed E-state index contributed by atoms with van der Waals surface area (Å²) >= 11 is 0. The molecule has 3 rings (SSSR count). The molecule has 0 bridgehead atoms. The van der Waals surface area contributed by atoms with Gasteiger partial charge in [0.05, 0.1) is 0 Å². The summed E-state index contributed by atoms with van der Waals surface area (Å²) in [6, 6.07) is 23.4. The predicted molar refractivity (Wildman–Crippen MR) is 84.1 cm³/mol. The normalized spacial score (nSPS) is 11.2. The molecule has 0 aliphatic rings. The van der Waals surface area contributed by atoms with Gasteiger partial charge in [-0.05, 0) is 34.4 Å². The van der Waals surface area contributed by atoms with Crippen molar-refractivity contribution in [1.82, 2.24) is 0 Å². The third-order valence-electron chi connectivity index (χ3n) is 3.45. The largest absolute Gasteiger partial charge is 0.0620 e. The van der Waals surface area contributed by atoms with Gasteiger partial charge in [0.15, 0.2) is 0 Å². The van der Waals surface area contributed by atoms with Gasteiger partial charge < -0.3 is 0 Å². The van der Waals surface area contributed by atoms with Crippen LogP contribution in [0.15, 0.2) is 66.7 Å². The third-order valence-corrected chi connectivity index (χ3v) is 3.45. The second kappa shape index (κ2) is 5.11. The van der Waals surface area contributed by atoms with Crippen LogP contribution >= 0.6 is 0 Å². The summed E-state index contributed by atoms with van der Waals surface area (Å²) in [5.74, 6) is 0. The summed E-state index contributed by atoms with van der Waals surface area (Å²) in [5, 5.41) is 2.59. The van der Waals surface area contributed by atoms with Gasteiger partial charge in [0.25, 0.3) is 0 Å². The van der Waals surface area contributed by atoms with Gasteiger partial charge in [0.2, 0.25) is 0 Å². The Hall–Kier alpha value is -2.34. The first-order valence-corrected chi connectivity index (χ1v) is 6.56. The van der Waals surface area contributed by atoms with E-state index in [1.165, 1.54) is 27.5 Å². The van der Waals surface area contributed by atoms with E-state index in [-0.39, 0.29) is 0 Å². The van der Waals surface area contributed by atoms with Crippen LogP contribution in [0.25, 0.3) is 22.9 Å². The second-order valence-corrected chi connectivity index (χ2v) is 4.76. The van der Waals surface area contributed by atoms with Crippen LogP contribution in [0.4, 0.5) is 0 Å². The fourth-order valence-electron chi connectivity index (χ4n) is 2.35. The maximum atomic E-state index is 2.20. The molecule has 19 heavy (non-hydrogen) atoms. The molecule has 0 heteroatoms. The Morgan fingerprint density at radius 1 is 0.632 bits per heavy atom. The van der Waals surface area contributed by atoms with Gasteiger partial charge in [0.1, 0.15) is 0 Å². The fraction of sp³-hybridized carbons (Fsp3) is 0.0526. The van der Waals surface area contributed by atoms with Crippen LogP contribution in [0.3, 0.4) is 0 Å². The minimum Gasteiger partial charge on any atom is -0.0620 e. The van der Waals surface area contributed by atoms with Crippen LogP contribution in [0, 0.1) is 6.92 Å². The zero-order valence-electron chi connectivity index (χ0n) is 11.0. The summed E-state index contributed by atoms with van der Waals surface area (Å²) in [4.78, 5) is 0. The van der Waals surface area contributed by atoms with Crippen molar-refractivity contribution >= 4 is 22.9 Å². The predicted octanol–water partition coefficient (Wildman–Crippen LogP) is 5.32. The molecule has 0 aliphatic heterocycles. The van der Waals surface area contributed by atoms with Gasteiger partial charge in [-0.3, -0.25) is 0 Å². The lowest BCUT2D eigenvalue weighted by atomic mass is 10.0. The molecule has 0 fully saturated rings. The summed E-state index contributed by atoms with van der Waals surface area (Å²) in [6.07, 6.45) is 4.39. The van der Waals surface area contributed by atoms with E-state index in [0.29, 0.717) is 0 Å². The van der Waals surface area contributed by atoms with Crippen molar-refractivity contribution in [2.75, 3.05) is 0 Å². The lowest BCUT2D eigenvalue weighted by Gasteiger charge is -2.02. The molecule has 3 aromatic rings. The maximum Gasteiger partial charge on any atom is -0.0111 e. The van der Waals surface area contributed by atoms with Gasteiger partial charge >= 0.3 is 0 Å². The van der Waals surface area contributed by atoms with E-state index < -0.39 is 0 Å². The first kappa shape index (κ1) is 11.7. The molecular formula is C19H16. The highest BCUT2D eigenvalue weighted by molar-refractivity contribution is 5.92. The van der Waals surface area contributed by atoms with Gasteiger partial charge in [-0.25, -0.2) is 0 Å². The van der Waals surface area contributed by atoms with E-state index in [1.807, 2.05) is 0 Å². The molecule has 0 aromatic heterocycles. The lowest BCUT2D eigenvalue weighted by Crippen LogP contribution is -1.80. The zero-order valence-corrected chi connectivity index (χ0v) is 11.0. The highest BCUT2D eigenvalue weighted by Crippen LogP contribution is 2.21. The summed E-state index contributed by atoms with van der Waals surface area (Å²) in [6.45, 7) is 2.14. The molecule has 0 amide bonds. The van der Waals surface area contributed by atoms with E-state index in [0.717, 1.165) is 0 Å². The Bertz CT molecular complexity index is 730. The molecule has 0 spiro atoms. The van der Waals surface area contributed by atoms with Crippen LogP contribution in [0.2, 0.25) is 0 Å². The Morgan fingerprint density at radius 2 is 1.26 bits per heavy atom. The lowest BCUT2D eigenvalue weighted by molar-refractivity contribution is 1.45. The number of fused-ring (bicyclic) bond motifs is 1. The van der Waals surface area contributed by atoms with Crippen LogP contribution in [0.1, 0.15) is 16.7 Å². The SMILES string of the molecule is Cc1ccccc1C=Cc1cccc2ccccc12. The van der Waals surface area contributed by atoms with E-state index >= 15 is 0 Å². The van der Waals surface area contributed by atoms with E-state index in [1.54, 1.807) is 0 Å². The first-order valence-electron chi connectivity index (χ1n) is 6.56. The van der Waals surface area contributed by atoms with E-state index in [9.17, 15) is 0 Å². The molecule has 0 unspecified atom stereocenters. The number of hydrogen-bond donors (Lipinski definition) is 0. The summed E-state index contributed by atoms with van der Waals surface area (Å²) in [7, 11) is 0. The Kier molecular flexibility index (Phi) is 3.16. The molecule has 0 aliphatic carbocycles. The van der Waals surface area contributed by atoms with Crippen LogP contribution in [0.5, 0.6) is 0 Å². The van der Waals surface area contributed by atoms with E-state index in [2.05, 4.69) is 85.8 Å². The third kappa shape index (κ3) is 2.43. The smallest absolute Gasteiger partial charge is 0.0111 e. The molecule has 0 radical (unpaired) electrons. The summed E-state index contributed by atoms with van der Waals surface area (Å²) < 4.78 is 0. The zero-order chi connectivity index (χ0) is 13.1. The average molecular weight is 244 g/mol. The highest BCUT2D eigenvalue weighted by Gasteiger charge is 1.97. The van der Waals surface area contributed by atoms with Crippen LogP contribution < -0.4 is 0 Å². The molecule has 0 N–H and O–H groups in total. The van der Waals surface area contributed by atoms with Crippen molar-refractivity contribution in [2.45, 2.75) is 6.92 Å². The molecular weight excluding hydrogens is 228 g/mol. The van der Waals surface area contributed by atoms with Crippen molar-refractivity contribution in [1.29, 1.82) is 0 Å². The van der Waals surface area contributed by atoms with Crippen LogP contribution in [-0.4, -0.2) is 0 Å². The fourth-order valence-corrected chi connectivity index (χ4v) is 2.35. The number of benzene rings is 3. The number of aryl methyl sites for hydroxylation is 1. The molecule has 3 aromatic carbocycles. The Morgan fingerprint density at radius 3 is 2.16 bits per heavy atom. The van der Waals surface area contributed by atoms with Gasteiger partial charge in [0, 0.05) is 0 Å². The highest BCUT2D eigenvalue weighted by atomic mass is 14.0. The number of rotatable bonds is 2. The standard InChI is InChI=1S/C19H16/c1-15-7-2-3-8-16(15)13-14-18-11-6-10-17-9-4-5-12-19(17)18/h2-14H,1H3. The molecule has 0 heterocycles. The second-order valence-electron chi connectivity index (χ2n) is 4.76. The van der Waals surface area contributed by atoms with Crippen molar-refractivity contribution < 1.29 is 0 Å². The summed E-state index contributed by atoms with van der Waals surface area (Å²) in [5.41, 5.74) is 3.84. The molecule has 0 saturated heterocycles. The van der Waals surface area contributed by atoms with Crippen molar-refractivity contribution in [3.05, 3.63) is 83.4 Å². The van der Waals surface area contributed by atoms with Gasteiger partial charge in [-0.1, -0.05) is 78.9 Å². The molecule has 0 saturated carbocycles. The minimum atomic E-state index is 1.27. The van der Waals surface area contributed by atoms with Crippen LogP contribution in [-0.2, 0) is 0 Å². The maximum absolute atomic E-state index is 2.20.